The Labute approximate surface area is 113 Å². The highest BCUT2D eigenvalue weighted by Crippen LogP contribution is 2.37. The minimum Gasteiger partial charge on any atom is -0.392 e. The fraction of sp³-hybridized carbons (Fsp3) is 0.417. The highest BCUT2D eigenvalue weighted by molar-refractivity contribution is 5.68. The van der Waals surface area contributed by atoms with Crippen molar-refractivity contribution in [2.24, 2.45) is 0 Å². The third-order valence-electron chi connectivity index (χ3n) is 3.46. The van der Waals surface area contributed by atoms with Gasteiger partial charge in [-0.15, -0.1) is 6.42 Å². The molecule has 0 saturated carbocycles. The Balaban J connectivity index is 2.04. The molecule has 2 aromatic heterocycles. The van der Waals surface area contributed by atoms with E-state index in [0.717, 1.165) is 0 Å². The molecule has 8 heteroatoms. The molecule has 1 saturated heterocycles. The SMILES string of the molecule is C#C[C@]1(CO)O[C@@H](n2cnc3c(=O)[nH]cnc32)C[C@@H]1O. The van der Waals surface area contributed by atoms with Crippen molar-refractivity contribution in [2.45, 2.75) is 24.4 Å². The van der Waals surface area contributed by atoms with Crippen LogP contribution in [0, 0.1) is 12.3 Å². The van der Waals surface area contributed by atoms with Crippen molar-refractivity contribution in [3.63, 3.8) is 0 Å². The number of aliphatic hydroxyl groups is 2. The molecule has 20 heavy (non-hydrogen) atoms. The van der Waals surface area contributed by atoms with E-state index in [0.29, 0.717) is 5.65 Å². The fourth-order valence-corrected chi connectivity index (χ4v) is 2.31. The van der Waals surface area contributed by atoms with E-state index >= 15 is 0 Å². The molecule has 2 aromatic rings. The largest absolute Gasteiger partial charge is 0.392 e. The summed E-state index contributed by atoms with van der Waals surface area (Å²) in [5.41, 5.74) is -1.30. The molecular weight excluding hydrogens is 264 g/mol. The minimum absolute atomic E-state index is 0.171. The lowest BCUT2D eigenvalue weighted by Gasteiger charge is -2.23. The first kappa shape index (κ1) is 12.8. The Morgan fingerprint density at radius 1 is 1.65 bits per heavy atom. The molecule has 3 atom stereocenters. The van der Waals surface area contributed by atoms with Crippen molar-refractivity contribution in [1.29, 1.82) is 0 Å². The van der Waals surface area contributed by atoms with Gasteiger partial charge in [-0.1, -0.05) is 5.92 Å². The van der Waals surface area contributed by atoms with Gasteiger partial charge in [0.1, 0.15) is 12.3 Å². The van der Waals surface area contributed by atoms with Crippen LogP contribution in [0.2, 0.25) is 0 Å². The first-order chi connectivity index (χ1) is 9.61. The number of nitrogens with one attached hydrogen (secondary N) is 1. The fourth-order valence-electron chi connectivity index (χ4n) is 2.31. The lowest BCUT2D eigenvalue weighted by atomic mass is 9.99. The van der Waals surface area contributed by atoms with Gasteiger partial charge >= 0.3 is 0 Å². The smallest absolute Gasteiger partial charge is 0.278 e. The lowest BCUT2D eigenvalue weighted by Crippen LogP contribution is -2.41. The average molecular weight is 276 g/mol. The average Bonchev–Trinajstić information content (AvgIpc) is 3.01. The maximum atomic E-state index is 11.6. The summed E-state index contributed by atoms with van der Waals surface area (Å²) in [4.78, 5) is 22.0. The lowest BCUT2D eigenvalue weighted by molar-refractivity contribution is -0.0891. The summed E-state index contributed by atoms with van der Waals surface area (Å²) in [6.45, 7) is -0.498. The molecule has 104 valence electrons. The van der Waals surface area contributed by atoms with Crippen LogP contribution < -0.4 is 5.56 Å². The third-order valence-corrected chi connectivity index (χ3v) is 3.46. The van der Waals surface area contributed by atoms with E-state index < -0.39 is 24.5 Å². The van der Waals surface area contributed by atoms with Gasteiger partial charge in [-0.25, -0.2) is 9.97 Å². The number of H-pyrrole nitrogens is 1. The van der Waals surface area contributed by atoms with Crippen LogP contribution in [0.1, 0.15) is 12.6 Å². The zero-order valence-corrected chi connectivity index (χ0v) is 10.4. The molecule has 1 fully saturated rings. The van der Waals surface area contributed by atoms with Crippen molar-refractivity contribution < 1.29 is 14.9 Å². The summed E-state index contributed by atoms with van der Waals surface area (Å²) in [5.74, 6) is 2.28. The molecule has 0 aliphatic carbocycles. The Hall–Kier alpha value is -2.21. The summed E-state index contributed by atoms with van der Waals surface area (Å²) < 4.78 is 7.10. The quantitative estimate of drug-likeness (QED) is 0.591. The van der Waals surface area contributed by atoms with E-state index in [9.17, 15) is 15.0 Å². The van der Waals surface area contributed by atoms with Crippen LogP contribution in [0.4, 0.5) is 0 Å². The summed E-state index contributed by atoms with van der Waals surface area (Å²) in [6.07, 6.45) is 6.50. The second kappa shape index (κ2) is 4.42. The highest BCUT2D eigenvalue weighted by Gasteiger charge is 2.47. The van der Waals surface area contributed by atoms with Crippen LogP contribution in [0.25, 0.3) is 11.2 Å². The molecular formula is C12H12N4O4. The van der Waals surface area contributed by atoms with E-state index in [2.05, 4.69) is 20.9 Å². The van der Waals surface area contributed by atoms with Crippen LogP contribution in [-0.4, -0.2) is 48.0 Å². The summed E-state index contributed by atoms with van der Waals surface area (Å²) in [6, 6.07) is 0. The van der Waals surface area contributed by atoms with Gasteiger partial charge in [-0.2, -0.15) is 0 Å². The molecule has 1 aliphatic rings. The first-order valence-corrected chi connectivity index (χ1v) is 5.96. The topological polar surface area (TPSA) is 113 Å². The van der Waals surface area contributed by atoms with Gasteiger partial charge in [0.25, 0.3) is 5.56 Å². The molecule has 0 radical (unpaired) electrons. The van der Waals surface area contributed by atoms with Gasteiger partial charge in [0.2, 0.25) is 0 Å². The number of ether oxygens (including phenoxy) is 1. The maximum absolute atomic E-state index is 11.6. The van der Waals surface area contributed by atoms with Crippen LogP contribution in [0.15, 0.2) is 17.4 Å². The number of aromatic nitrogens is 4. The number of aliphatic hydroxyl groups excluding tert-OH is 2. The van der Waals surface area contributed by atoms with Crippen molar-refractivity contribution in [2.75, 3.05) is 6.61 Å². The molecule has 3 N–H and O–H groups in total. The Morgan fingerprint density at radius 2 is 2.45 bits per heavy atom. The van der Waals surface area contributed by atoms with Crippen molar-refractivity contribution in [3.8, 4) is 12.3 Å². The van der Waals surface area contributed by atoms with Gasteiger partial charge in [0.15, 0.2) is 16.8 Å². The van der Waals surface area contributed by atoms with Crippen LogP contribution >= 0.6 is 0 Å². The van der Waals surface area contributed by atoms with E-state index in [4.69, 9.17) is 11.2 Å². The molecule has 8 nitrogen and oxygen atoms in total. The van der Waals surface area contributed by atoms with Gasteiger partial charge in [0, 0.05) is 6.42 Å². The summed E-state index contributed by atoms with van der Waals surface area (Å²) in [5, 5.41) is 19.3. The van der Waals surface area contributed by atoms with E-state index in [1.165, 1.54) is 17.2 Å². The first-order valence-electron chi connectivity index (χ1n) is 5.96. The van der Waals surface area contributed by atoms with Crippen LogP contribution in [0.3, 0.4) is 0 Å². The van der Waals surface area contributed by atoms with E-state index in [1.54, 1.807) is 0 Å². The Morgan fingerprint density at radius 3 is 3.10 bits per heavy atom. The van der Waals surface area contributed by atoms with Crippen LogP contribution in [0.5, 0.6) is 0 Å². The molecule has 0 spiro atoms. The number of nitrogens with zero attached hydrogens (tertiary/aromatic N) is 3. The number of aromatic amines is 1. The zero-order valence-electron chi connectivity index (χ0n) is 10.4. The Kier molecular flexibility index (Phi) is 2.83. The van der Waals surface area contributed by atoms with Crippen molar-refractivity contribution >= 4 is 11.2 Å². The third kappa shape index (κ3) is 1.65. The Bertz CT molecular complexity index is 746. The molecule has 1 aliphatic heterocycles. The van der Waals surface area contributed by atoms with E-state index in [-0.39, 0.29) is 17.5 Å². The predicted molar refractivity (Wildman–Crippen MR) is 67.5 cm³/mol. The van der Waals surface area contributed by atoms with Crippen LogP contribution in [-0.2, 0) is 4.74 Å². The van der Waals surface area contributed by atoms with Gasteiger partial charge in [-0.3, -0.25) is 9.36 Å². The standard InChI is InChI=1S/C12H12N4O4/c1-2-12(4-17)7(18)3-8(20-12)16-6-15-9-10(16)13-5-14-11(9)19/h1,5-8,17-18H,3-4H2,(H,13,14,19)/t7-,8+,12+/m0/s1. The molecule has 3 heterocycles. The van der Waals surface area contributed by atoms with Gasteiger partial charge in [0.05, 0.1) is 19.3 Å². The molecule has 0 bridgehead atoms. The number of imidazole rings is 1. The number of fused-ring (bicyclic) bond motifs is 1. The molecule has 3 rings (SSSR count). The second-order valence-corrected chi connectivity index (χ2v) is 4.57. The zero-order chi connectivity index (χ0) is 14.3. The molecule has 0 aromatic carbocycles. The highest BCUT2D eigenvalue weighted by atomic mass is 16.6. The van der Waals surface area contributed by atoms with E-state index in [1.807, 2.05) is 0 Å². The number of terminal acetylenes is 1. The maximum Gasteiger partial charge on any atom is 0.278 e. The number of rotatable bonds is 2. The predicted octanol–water partition coefficient (Wildman–Crippen LogP) is -1.24. The normalized spacial score (nSPS) is 29.6. The number of hydrogen-bond donors (Lipinski definition) is 3. The van der Waals surface area contributed by atoms with Gasteiger partial charge in [-0.05, 0) is 0 Å². The summed E-state index contributed by atoms with van der Waals surface area (Å²) >= 11 is 0. The summed E-state index contributed by atoms with van der Waals surface area (Å²) in [7, 11) is 0. The second-order valence-electron chi connectivity index (χ2n) is 4.57. The number of hydrogen-bond acceptors (Lipinski definition) is 6. The van der Waals surface area contributed by atoms with Crippen molar-refractivity contribution in [3.05, 3.63) is 23.0 Å². The minimum atomic E-state index is -1.44. The molecule has 0 amide bonds. The van der Waals surface area contributed by atoms with Gasteiger partial charge < -0.3 is 19.9 Å². The van der Waals surface area contributed by atoms with Crippen molar-refractivity contribution in [1.82, 2.24) is 19.5 Å². The molecule has 0 unspecified atom stereocenters. The monoisotopic (exact) mass is 276 g/mol.